The Morgan fingerprint density at radius 1 is 1.32 bits per heavy atom. The average molecular weight is 262 g/mol. The normalized spacial score (nSPS) is 21.2. The predicted octanol–water partition coefficient (Wildman–Crippen LogP) is 0.574. The molecule has 0 radical (unpaired) electrons. The second kappa shape index (κ2) is 5.75. The zero-order valence-corrected chi connectivity index (χ0v) is 11.5. The molecule has 5 heteroatoms. The van der Waals surface area contributed by atoms with E-state index in [1.807, 2.05) is 25.3 Å². The van der Waals surface area contributed by atoms with Crippen LogP contribution in [0.2, 0.25) is 0 Å². The van der Waals surface area contributed by atoms with Crippen LogP contribution in [0, 0.1) is 0 Å². The maximum atomic E-state index is 5.67. The lowest BCUT2D eigenvalue weighted by molar-refractivity contribution is 0.137. The number of ether oxygens (including phenoxy) is 1. The van der Waals surface area contributed by atoms with Crippen LogP contribution in [0.25, 0.3) is 0 Å². The van der Waals surface area contributed by atoms with Crippen molar-refractivity contribution in [1.82, 2.24) is 15.2 Å². The fourth-order valence-electron chi connectivity index (χ4n) is 2.72. The van der Waals surface area contributed by atoms with Gasteiger partial charge >= 0.3 is 0 Å². The van der Waals surface area contributed by atoms with Gasteiger partial charge in [0.2, 0.25) is 0 Å². The molecule has 1 aromatic rings. The van der Waals surface area contributed by atoms with Gasteiger partial charge in [0.25, 0.3) is 0 Å². The number of aromatic nitrogens is 1. The first-order chi connectivity index (χ1) is 9.38. The van der Waals surface area contributed by atoms with E-state index >= 15 is 0 Å². The van der Waals surface area contributed by atoms with Gasteiger partial charge in [-0.2, -0.15) is 0 Å². The highest BCUT2D eigenvalue weighted by atomic mass is 16.5. The molecule has 0 atom stereocenters. The second-order valence-electron chi connectivity index (χ2n) is 5.09. The molecule has 0 bridgehead atoms. The molecule has 2 saturated heterocycles. The molecular weight excluding hydrogens is 240 g/mol. The Hall–Kier alpha value is -1.33. The summed E-state index contributed by atoms with van der Waals surface area (Å²) in [5, 5.41) is 3.34. The minimum atomic E-state index is 0.687. The zero-order valence-electron chi connectivity index (χ0n) is 11.5. The summed E-state index contributed by atoms with van der Waals surface area (Å²) >= 11 is 0. The Kier molecular flexibility index (Phi) is 3.84. The van der Waals surface area contributed by atoms with E-state index in [1.54, 1.807) is 0 Å². The van der Waals surface area contributed by atoms with Gasteiger partial charge in [-0.25, -0.2) is 4.98 Å². The van der Waals surface area contributed by atoms with Crippen LogP contribution >= 0.6 is 0 Å². The topological polar surface area (TPSA) is 40.6 Å². The van der Waals surface area contributed by atoms with Gasteiger partial charge in [0.05, 0.1) is 6.61 Å². The molecule has 3 rings (SSSR count). The second-order valence-corrected chi connectivity index (χ2v) is 5.09. The van der Waals surface area contributed by atoms with Gasteiger partial charge in [0, 0.05) is 51.5 Å². The Bertz CT molecular complexity index is 414. The van der Waals surface area contributed by atoms with Gasteiger partial charge in [-0.05, 0) is 19.1 Å². The van der Waals surface area contributed by atoms with Crippen LogP contribution in [-0.2, 0) is 0 Å². The van der Waals surface area contributed by atoms with Crippen LogP contribution in [-0.4, -0.2) is 61.8 Å². The number of nitrogens with one attached hydrogen (secondary N) is 1. The molecule has 3 heterocycles. The van der Waals surface area contributed by atoms with E-state index < -0.39 is 0 Å². The highest BCUT2D eigenvalue weighted by molar-refractivity contribution is 5.52. The molecule has 19 heavy (non-hydrogen) atoms. The molecule has 2 fully saturated rings. The van der Waals surface area contributed by atoms with Crippen molar-refractivity contribution in [2.75, 3.05) is 50.8 Å². The Morgan fingerprint density at radius 3 is 2.74 bits per heavy atom. The maximum Gasteiger partial charge on any atom is 0.171 e. The summed E-state index contributed by atoms with van der Waals surface area (Å²) in [4.78, 5) is 9.42. The molecular formula is C14H22N4O. The van der Waals surface area contributed by atoms with Crippen LogP contribution in [0.3, 0.4) is 0 Å². The fourth-order valence-corrected chi connectivity index (χ4v) is 2.72. The number of nitrogens with zero attached hydrogens (tertiary/aromatic N) is 3. The molecule has 0 aromatic carbocycles. The summed E-state index contributed by atoms with van der Waals surface area (Å²) in [7, 11) is 0. The van der Waals surface area contributed by atoms with Crippen LogP contribution in [0.1, 0.15) is 6.92 Å². The Morgan fingerprint density at radius 2 is 2.11 bits per heavy atom. The van der Waals surface area contributed by atoms with Crippen LogP contribution in [0.4, 0.5) is 5.82 Å². The lowest BCUT2D eigenvalue weighted by Crippen LogP contribution is -2.61. The van der Waals surface area contributed by atoms with Crippen LogP contribution in [0.15, 0.2) is 18.3 Å². The molecule has 0 amide bonds. The first kappa shape index (κ1) is 12.7. The van der Waals surface area contributed by atoms with Crippen LogP contribution in [0.5, 0.6) is 5.75 Å². The molecule has 0 spiro atoms. The first-order valence-electron chi connectivity index (χ1n) is 7.16. The Labute approximate surface area is 114 Å². The van der Waals surface area contributed by atoms with Crippen LogP contribution < -0.4 is 15.0 Å². The average Bonchev–Trinajstić information content (AvgIpc) is 2.39. The summed E-state index contributed by atoms with van der Waals surface area (Å²) < 4.78 is 5.67. The van der Waals surface area contributed by atoms with Crippen molar-refractivity contribution >= 4 is 5.82 Å². The van der Waals surface area contributed by atoms with E-state index in [9.17, 15) is 0 Å². The summed E-state index contributed by atoms with van der Waals surface area (Å²) in [5.41, 5.74) is 0. The lowest BCUT2D eigenvalue weighted by atomic mass is 10.1. The van der Waals surface area contributed by atoms with E-state index in [2.05, 4.69) is 20.1 Å². The molecule has 2 aliphatic rings. The van der Waals surface area contributed by atoms with Gasteiger partial charge in [-0.1, -0.05) is 0 Å². The van der Waals surface area contributed by atoms with Crippen molar-refractivity contribution in [1.29, 1.82) is 0 Å². The van der Waals surface area contributed by atoms with Gasteiger partial charge < -0.3 is 15.0 Å². The smallest absolute Gasteiger partial charge is 0.171 e. The van der Waals surface area contributed by atoms with Gasteiger partial charge in [-0.3, -0.25) is 4.90 Å². The summed E-state index contributed by atoms with van der Waals surface area (Å²) in [6.45, 7) is 9.30. The number of rotatable bonds is 4. The zero-order chi connectivity index (χ0) is 13.1. The van der Waals surface area contributed by atoms with Gasteiger partial charge in [-0.15, -0.1) is 0 Å². The first-order valence-corrected chi connectivity index (χ1v) is 7.16. The van der Waals surface area contributed by atoms with Crippen molar-refractivity contribution in [3.8, 4) is 5.75 Å². The molecule has 5 nitrogen and oxygen atoms in total. The maximum absolute atomic E-state index is 5.67. The predicted molar refractivity (Wildman–Crippen MR) is 75.8 cm³/mol. The van der Waals surface area contributed by atoms with Crippen molar-refractivity contribution in [3.05, 3.63) is 18.3 Å². The van der Waals surface area contributed by atoms with Crippen molar-refractivity contribution < 1.29 is 4.74 Å². The SMILES string of the molecule is CCOc1cccnc1N1CCN(C2CNC2)CC1. The molecule has 1 aromatic heterocycles. The minimum absolute atomic E-state index is 0.687. The highest BCUT2D eigenvalue weighted by Crippen LogP contribution is 2.26. The van der Waals surface area contributed by atoms with E-state index in [0.29, 0.717) is 6.61 Å². The molecule has 2 aliphatic heterocycles. The molecule has 1 N–H and O–H groups in total. The lowest BCUT2D eigenvalue weighted by Gasteiger charge is -2.43. The summed E-state index contributed by atoms with van der Waals surface area (Å²) in [6, 6.07) is 4.69. The third kappa shape index (κ3) is 2.67. The van der Waals surface area contributed by atoms with Gasteiger partial charge in [0.15, 0.2) is 11.6 Å². The number of hydrogen-bond donors (Lipinski definition) is 1. The summed E-state index contributed by atoms with van der Waals surface area (Å²) in [5.74, 6) is 1.90. The Balaban J connectivity index is 1.64. The number of pyridine rings is 1. The quantitative estimate of drug-likeness (QED) is 0.859. The van der Waals surface area contributed by atoms with Crippen molar-refractivity contribution in [2.45, 2.75) is 13.0 Å². The van der Waals surface area contributed by atoms with E-state index in [4.69, 9.17) is 4.74 Å². The molecule has 104 valence electrons. The highest BCUT2D eigenvalue weighted by Gasteiger charge is 2.28. The monoisotopic (exact) mass is 262 g/mol. The molecule has 0 unspecified atom stereocenters. The summed E-state index contributed by atoms with van der Waals surface area (Å²) in [6.07, 6.45) is 1.85. The minimum Gasteiger partial charge on any atom is -0.490 e. The number of hydrogen-bond acceptors (Lipinski definition) is 5. The van der Waals surface area contributed by atoms with Crippen molar-refractivity contribution in [3.63, 3.8) is 0 Å². The van der Waals surface area contributed by atoms with E-state index in [0.717, 1.165) is 56.9 Å². The van der Waals surface area contributed by atoms with E-state index in [1.165, 1.54) is 0 Å². The van der Waals surface area contributed by atoms with E-state index in [-0.39, 0.29) is 0 Å². The standard InChI is InChI=1S/C14H22N4O/c1-2-19-13-4-3-5-16-14(13)18-8-6-17(7-9-18)12-10-15-11-12/h3-5,12,15H,2,6-11H2,1H3. The third-order valence-corrected chi connectivity index (χ3v) is 3.94. The molecule has 0 saturated carbocycles. The third-order valence-electron chi connectivity index (χ3n) is 3.94. The van der Waals surface area contributed by atoms with Crippen molar-refractivity contribution in [2.24, 2.45) is 0 Å². The fraction of sp³-hybridized carbons (Fsp3) is 0.643. The largest absolute Gasteiger partial charge is 0.490 e. The van der Waals surface area contributed by atoms with Gasteiger partial charge in [0.1, 0.15) is 0 Å². The number of anilines is 1. The number of piperazine rings is 1. The molecule has 0 aliphatic carbocycles.